The number of aryl methyl sites for hydroxylation is 1. The van der Waals surface area contributed by atoms with Gasteiger partial charge < -0.3 is 15.8 Å². The minimum Gasteiger partial charge on any atom is -0.394 e. The van der Waals surface area contributed by atoms with Gasteiger partial charge in [0.15, 0.2) is 5.82 Å². The maximum atomic E-state index is 5.70. The summed E-state index contributed by atoms with van der Waals surface area (Å²) in [4.78, 5) is 0. The summed E-state index contributed by atoms with van der Waals surface area (Å²) in [6.45, 7) is 7.58. The van der Waals surface area contributed by atoms with Crippen LogP contribution in [0, 0.1) is 0 Å². The second-order valence-corrected chi connectivity index (χ2v) is 3.54. The van der Waals surface area contributed by atoms with Crippen LogP contribution >= 0.6 is 0 Å². The number of nitrogens with zero attached hydrogens (tertiary/aromatic N) is 2. The number of hydrogen-bond acceptors (Lipinski definition) is 4. The topological polar surface area (TPSA) is 65.1 Å². The van der Waals surface area contributed by atoms with E-state index < -0.39 is 0 Å². The number of nitrogen functional groups attached to an aromatic ring is 1. The molecule has 0 aliphatic rings. The molecule has 5 heteroatoms. The molecule has 0 aliphatic heterocycles. The van der Waals surface area contributed by atoms with Crippen LogP contribution in [0.4, 0.5) is 11.5 Å². The highest BCUT2D eigenvalue weighted by Gasteiger charge is 2.01. The molecule has 0 saturated carbocycles. The summed E-state index contributed by atoms with van der Waals surface area (Å²) in [5, 5.41) is 7.25. The third-order valence-corrected chi connectivity index (χ3v) is 1.74. The molecule has 3 N–H and O–H groups in total. The predicted molar refractivity (Wildman–Crippen MR) is 61.7 cm³/mol. The Hall–Kier alpha value is -1.49. The van der Waals surface area contributed by atoms with E-state index in [0.717, 1.165) is 5.57 Å². The van der Waals surface area contributed by atoms with Crippen molar-refractivity contribution in [3.05, 3.63) is 18.3 Å². The average Bonchev–Trinajstić information content (AvgIpc) is 2.44. The SMILES string of the molecule is C=C(C)COCCNc1nn(C)cc1N. The van der Waals surface area contributed by atoms with Crippen LogP contribution in [0.3, 0.4) is 0 Å². The average molecular weight is 210 g/mol. The third-order valence-electron chi connectivity index (χ3n) is 1.74. The summed E-state index contributed by atoms with van der Waals surface area (Å²) in [5.74, 6) is 0.705. The van der Waals surface area contributed by atoms with Gasteiger partial charge in [-0.3, -0.25) is 4.68 Å². The molecule has 1 aromatic heterocycles. The Morgan fingerprint density at radius 2 is 2.47 bits per heavy atom. The van der Waals surface area contributed by atoms with Crippen LogP contribution < -0.4 is 11.1 Å². The summed E-state index contributed by atoms with van der Waals surface area (Å²) < 4.78 is 7.00. The van der Waals surface area contributed by atoms with Crippen molar-refractivity contribution in [2.24, 2.45) is 7.05 Å². The summed E-state index contributed by atoms with van der Waals surface area (Å²) >= 11 is 0. The number of nitrogens with two attached hydrogens (primary N) is 1. The van der Waals surface area contributed by atoms with Gasteiger partial charge in [0, 0.05) is 19.8 Å². The van der Waals surface area contributed by atoms with Crippen LogP contribution in [0.2, 0.25) is 0 Å². The third kappa shape index (κ3) is 4.03. The standard InChI is InChI=1S/C10H18N4O/c1-8(2)7-15-5-4-12-10-9(11)6-14(3)13-10/h6H,1,4-5,7,11H2,2-3H3,(H,12,13). The van der Waals surface area contributed by atoms with Gasteiger partial charge in [0.2, 0.25) is 0 Å². The normalized spacial score (nSPS) is 10.3. The Kier molecular flexibility index (Phi) is 4.17. The Morgan fingerprint density at radius 1 is 1.73 bits per heavy atom. The smallest absolute Gasteiger partial charge is 0.171 e. The van der Waals surface area contributed by atoms with E-state index in [1.807, 2.05) is 14.0 Å². The van der Waals surface area contributed by atoms with E-state index in [4.69, 9.17) is 10.5 Å². The van der Waals surface area contributed by atoms with Crippen LogP contribution in [0.1, 0.15) is 6.92 Å². The first kappa shape index (κ1) is 11.6. The molecule has 0 unspecified atom stereocenters. The van der Waals surface area contributed by atoms with E-state index in [1.54, 1.807) is 10.9 Å². The molecule has 0 atom stereocenters. The molecule has 1 heterocycles. The molecule has 0 radical (unpaired) electrons. The van der Waals surface area contributed by atoms with Gasteiger partial charge >= 0.3 is 0 Å². The molecule has 1 aromatic rings. The number of anilines is 2. The van der Waals surface area contributed by atoms with Gasteiger partial charge in [0.1, 0.15) is 0 Å². The lowest BCUT2D eigenvalue weighted by molar-refractivity contribution is 0.167. The van der Waals surface area contributed by atoms with Gasteiger partial charge in [0.05, 0.1) is 18.9 Å². The maximum Gasteiger partial charge on any atom is 0.171 e. The first-order valence-electron chi connectivity index (χ1n) is 4.84. The largest absolute Gasteiger partial charge is 0.394 e. The van der Waals surface area contributed by atoms with Crippen molar-refractivity contribution in [2.45, 2.75) is 6.92 Å². The van der Waals surface area contributed by atoms with E-state index in [2.05, 4.69) is 17.0 Å². The molecule has 0 aliphatic carbocycles. The molecule has 0 saturated heterocycles. The lowest BCUT2D eigenvalue weighted by atomic mass is 10.4. The molecule has 0 bridgehead atoms. The number of ether oxygens (including phenoxy) is 1. The molecule has 84 valence electrons. The molecule has 0 aromatic carbocycles. The van der Waals surface area contributed by atoms with E-state index in [9.17, 15) is 0 Å². The van der Waals surface area contributed by atoms with Crippen LogP contribution in [0.25, 0.3) is 0 Å². The van der Waals surface area contributed by atoms with Crippen molar-refractivity contribution >= 4 is 11.5 Å². The van der Waals surface area contributed by atoms with Crippen LogP contribution in [0.15, 0.2) is 18.3 Å². The quantitative estimate of drug-likeness (QED) is 0.543. The fourth-order valence-corrected chi connectivity index (χ4v) is 1.13. The zero-order valence-corrected chi connectivity index (χ0v) is 9.29. The van der Waals surface area contributed by atoms with Crippen molar-refractivity contribution in [2.75, 3.05) is 30.8 Å². The van der Waals surface area contributed by atoms with E-state index in [1.165, 1.54) is 0 Å². The Balaban J connectivity index is 2.20. The van der Waals surface area contributed by atoms with Crippen molar-refractivity contribution in [1.82, 2.24) is 9.78 Å². The summed E-state index contributed by atoms with van der Waals surface area (Å²) in [7, 11) is 1.83. The summed E-state index contributed by atoms with van der Waals surface area (Å²) in [6, 6.07) is 0. The second-order valence-electron chi connectivity index (χ2n) is 3.54. The Labute approximate surface area is 89.9 Å². The van der Waals surface area contributed by atoms with Crippen LogP contribution in [-0.4, -0.2) is 29.5 Å². The van der Waals surface area contributed by atoms with Gasteiger partial charge in [-0.05, 0) is 6.92 Å². The second kappa shape index (κ2) is 5.41. The van der Waals surface area contributed by atoms with Crippen molar-refractivity contribution in [3.8, 4) is 0 Å². The molecule has 5 nitrogen and oxygen atoms in total. The van der Waals surface area contributed by atoms with Crippen LogP contribution in [0.5, 0.6) is 0 Å². The fraction of sp³-hybridized carbons (Fsp3) is 0.500. The number of nitrogens with one attached hydrogen (secondary N) is 1. The zero-order valence-electron chi connectivity index (χ0n) is 9.29. The fourth-order valence-electron chi connectivity index (χ4n) is 1.13. The van der Waals surface area contributed by atoms with Gasteiger partial charge in [0.25, 0.3) is 0 Å². The minimum absolute atomic E-state index is 0.597. The molecule has 0 amide bonds. The number of hydrogen-bond donors (Lipinski definition) is 2. The first-order chi connectivity index (χ1) is 7.09. The zero-order chi connectivity index (χ0) is 11.3. The molecule has 15 heavy (non-hydrogen) atoms. The van der Waals surface area contributed by atoms with Gasteiger partial charge in [-0.15, -0.1) is 0 Å². The number of aromatic nitrogens is 2. The Bertz CT molecular complexity index is 332. The monoisotopic (exact) mass is 210 g/mol. The lowest BCUT2D eigenvalue weighted by Crippen LogP contribution is -2.11. The Morgan fingerprint density at radius 3 is 3.00 bits per heavy atom. The highest BCUT2D eigenvalue weighted by atomic mass is 16.5. The highest BCUT2D eigenvalue weighted by molar-refractivity contribution is 5.59. The van der Waals surface area contributed by atoms with Gasteiger partial charge in [-0.25, -0.2) is 0 Å². The van der Waals surface area contributed by atoms with E-state index in [0.29, 0.717) is 31.3 Å². The molecule has 1 rings (SSSR count). The maximum absolute atomic E-state index is 5.70. The van der Waals surface area contributed by atoms with Crippen molar-refractivity contribution < 1.29 is 4.74 Å². The predicted octanol–water partition coefficient (Wildman–Crippen LogP) is 1.01. The van der Waals surface area contributed by atoms with E-state index >= 15 is 0 Å². The first-order valence-corrected chi connectivity index (χ1v) is 4.84. The van der Waals surface area contributed by atoms with Gasteiger partial charge in [-0.1, -0.05) is 12.2 Å². The van der Waals surface area contributed by atoms with Crippen molar-refractivity contribution in [1.29, 1.82) is 0 Å². The molecule has 0 fully saturated rings. The van der Waals surface area contributed by atoms with Crippen LogP contribution in [-0.2, 0) is 11.8 Å². The molecular formula is C10H18N4O. The minimum atomic E-state index is 0.597. The number of rotatable bonds is 6. The highest BCUT2D eigenvalue weighted by Crippen LogP contribution is 2.13. The summed E-state index contributed by atoms with van der Waals surface area (Å²) in [5.41, 5.74) is 7.37. The van der Waals surface area contributed by atoms with E-state index in [-0.39, 0.29) is 0 Å². The van der Waals surface area contributed by atoms with Crippen molar-refractivity contribution in [3.63, 3.8) is 0 Å². The lowest BCUT2D eigenvalue weighted by Gasteiger charge is -2.05. The van der Waals surface area contributed by atoms with Gasteiger partial charge in [-0.2, -0.15) is 5.10 Å². The molecule has 0 spiro atoms. The molecular weight excluding hydrogens is 192 g/mol. The summed E-state index contributed by atoms with van der Waals surface area (Å²) in [6.07, 6.45) is 1.76.